The molecule has 2 atom stereocenters. The van der Waals surface area contributed by atoms with E-state index in [0.29, 0.717) is 17.4 Å². The zero-order chi connectivity index (χ0) is 12.7. The Balaban J connectivity index is 2.07. The van der Waals surface area contributed by atoms with E-state index < -0.39 is 0 Å². The van der Waals surface area contributed by atoms with Crippen molar-refractivity contribution in [3.05, 3.63) is 0 Å². The van der Waals surface area contributed by atoms with Crippen molar-refractivity contribution < 1.29 is 4.79 Å². The SMILES string of the molecule is CCC1(C)NCN(C2CCCC(C)(C)C2)C1=O. The Kier molecular flexibility index (Phi) is 3.23. The first-order valence-electron chi connectivity index (χ1n) is 6.94. The molecule has 1 aliphatic heterocycles. The molecule has 2 aliphatic rings. The Labute approximate surface area is 105 Å². The predicted molar refractivity (Wildman–Crippen MR) is 69.6 cm³/mol. The molecule has 1 N–H and O–H groups in total. The van der Waals surface area contributed by atoms with Gasteiger partial charge < -0.3 is 4.90 Å². The number of carbonyl (C=O) groups excluding carboxylic acids is 1. The van der Waals surface area contributed by atoms with Gasteiger partial charge in [-0.2, -0.15) is 0 Å². The second kappa shape index (κ2) is 4.27. The standard InChI is InChI=1S/C14H26N2O/c1-5-14(4)12(17)16(10-15-14)11-7-6-8-13(2,3)9-11/h11,15H,5-10H2,1-4H3. The van der Waals surface area contributed by atoms with Crippen LogP contribution in [0.5, 0.6) is 0 Å². The predicted octanol–water partition coefficient (Wildman–Crippen LogP) is 2.51. The summed E-state index contributed by atoms with van der Waals surface area (Å²) in [5.74, 6) is 0.308. The van der Waals surface area contributed by atoms with Gasteiger partial charge in [-0.15, -0.1) is 0 Å². The van der Waals surface area contributed by atoms with Crippen LogP contribution in [0.3, 0.4) is 0 Å². The highest BCUT2D eigenvalue weighted by atomic mass is 16.2. The first-order chi connectivity index (χ1) is 7.88. The van der Waals surface area contributed by atoms with Gasteiger partial charge in [0.05, 0.1) is 12.2 Å². The van der Waals surface area contributed by atoms with Gasteiger partial charge in [-0.05, 0) is 38.0 Å². The normalized spacial score (nSPS) is 37.5. The molecule has 3 heteroatoms. The molecule has 2 unspecified atom stereocenters. The van der Waals surface area contributed by atoms with Crippen molar-refractivity contribution in [1.82, 2.24) is 10.2 Å². The number of amides is 1. The second-order valence-electron chi connectivity index (χ2n) is 6.71. The van der Waals surface area contributed by atoms with Gasteiger partial charge in [0.2, 0.25) is 5.91 Å². The molecule has 2 rings (SSSR count). The van der Waals surface area contributed by atoms with Crippen LogP contribution in [0.1, 0.15) is 59.8 Å². The molecule has 0 aromatic carbocycles. The number of nitrogens with one attached hydrogen (secondary N) is 1. The molecule has 1 heterocycles. The Morgan fingerprint density at radius 1 is 1.41 bits per heavy atom. The fraction of sp³-hybridized carbons (Fsp3) is 0.929. The van der Waals surface area contributed by atoms with Gasteiger partial charge >= 0.3 is 0 Å². The molecular weight excluding hydrogens is 212 g/mol. The van der Waals surface area contributed by atoms with E-state index in [-0.39, 0.29) is 5.54 Å². The first kappa shape index (κ1) is 12.9. The summed E-state index contributed by atoms with van der Waals surface area (Å²) < 4.78 is 0. The minimum absolute atomic E-state index is 0.308. The molecule has 1 saturated heterocycles. The molecule has 0 bridgehead atoms. The molecule has 98 valence electrons. The van der Waals surface area contributed by atoms with E-state index in [1.807, 2.05) is 6.92 Å². The number of rotatable bonds is 2. The lowest BCUT2D eigenvalue weighted by Crippen LogP contribution is -2.46. The van der Waals surface area contributed by atoms with Gasteiger partial charge in [0.25, 0.3) is 0 Å². The maximum absolute atomic E-state index is 12.4. The fourth-order valence-corrected chi connectivity index (χ4v) is 3.22. The minimum Gasteiger partial charge on any atom is -0.325 e. The van der Waals surface area contributed by atoms with Crippen LogP contribution in [0.25, 0.3) is 0 Å². The summed E-state index contributed by atoms with van der Waals surface area (Å²) in [5.41, 5.74) is 0.0794. The van der Waals surface area contributed by atoms with Gasteiger partial charge in [0.15, 0.2) is 0 Å². The quantitative estimate of drug-likeness (QED) is 0.801. The molecule has 0 radical (unpaired) electrons. The molecule has 17 heavy (non-hydrogen) atoms. The van der Waals surface area contributed by atoms with E-state index in [9.17, 15) is 4.79 Å². The first-order valence-corrected chi connectivity index (χ1v) is 6.94. The summed E-state index contributed by atoms with van der Waals surface area (Å²) in [6.45, 7) is 9.50. The Hall–Kier alpha value is -0.570. The lowest BCUT2D eigenvalue weighted by atomic mass is 9.74. The molecule has 1 amide bonds. The Morgan fingerprint density at radius 2 is 2.12 bits per heavy atom. The van der Waals surface area contributed by atoms with Crippen molar-refractivity contribution in [1.29, 1.82) is 0 Å². The molecule has 1 aliphatic carbocycles. The topological polar surface area (TPSA) is 32.3 Å². The monoisotopic (exact) mass is 238 g/mol. The van der Waals surface area contributed by atoms with E-state index >= 15 is 0 Å². The average molecular weight is 238 g/mol. The third-order valence-corrected chi connectivity index (χ3v) is 4.70. The number of hydrogen-bond donors (Lipinski definition) is 1. The van der Waals surface area contributed by atoms with Crippen molar-refractivity contribution in [3.63, 3.8) is 0 Å². The summed E-state index contributed by atoms with van der Waals surface area (Å²) in [5, 5.41) is 3.38. The van der Waals surface area contributed by atoms with E-state index in [1.165, 1.54) is 19.3 Å². The highest BCUT2D eigenvalue weighted by Gasteiger charge is 2.45. The Morgan fingerprint density at radius 3 is 2.65 bits per heavy atom. The van der Waals surface area contributed by atoms with Crippen molar-refractivity contribution in [3.8, 4) is 0 Å². The van der Waals surface area contributed by atoms with Crippen LogP contribution < -0.4 is 5.32 Å². The number of nitrogens with zero attached hydrogens (tertiary/aromatic N) is 1. The minimum atomic E-state index is -0.318. The Bertz CT molecular complexity index is 313. The lowest BCUT2D eigenvalue weighted by molar-refractivity contribution is -0.135. The smallest absolute Gasteiger partial charge is 0.243 e. The number of hydrogen-bond acceptors (Lipinski definition) is 2. The molecule has 1 saturated carbocycles. The van der Waals surface area contributed by atoms with Crippen molar-refractivity contribution >= 4 is 5.91 Å². The average Bonchev–Trinajstić information content (AvgIpc) is 2.55. The maximum Gasteiger partial charge on any atom is 0.243 e. The van der Waals surface area contributed by atoms with E-state index in [0.717, 1.165) is 19.5 Å². The van der Waals surface area contributed by atoms with Gasteiger partial charge in [-0.3, -0.25) is 10.1 Å². The largest absolute Gasteiger partial charge is 0.325 e. The molecule has 3 nitrogen and oxygen atoms in total. The van der Waals surface area contributed by atoms with Crippen LogP contribution in [0.2, 0.25) is 0 Å². The van der Waals surface area contributed by atoms with Gasteiger partial charge in [0.1, 0.15) is 0 Å². The van der Waals surface area contributed by atoms with E-state index in [2.05, 4.69) is 31.0 Å². The van der Waals surface area contributed by atoms with Crippen LogP contribution in [0.4, 0.5) is 0 Å². The van der Waals surface area contributed by atoms with Crippen LogP contribution in [-0.4, -0.2) is 29.1 Å². The van der Waals surface area contributed by atoms with Gasteiger partial charge in [-0.1, -0.05) is 27.2 Å². The lowest BCUT2D eigenvalue weighted by Gasteiger charge is -2.39. The van der Waals surface area contributed by atoms with Crippen molar-refractivity contribution in [2.75, 3.05) is 6.67 Å². The summed E-state index contributed by atoms with van der Waals surface area (Å²) in [6.07, 6.45) is 5.75. The van der Waals surface area contributed by atoms with Gasteiger partial charge in [0, 0.05) is 6.04 Å². The third kappa shape index (κ3) is 2.35. The van der Waals surface area contributed by atoms with Crippen LogP contribution in [0.15, 0.2) is 0 Å². The summed E-state index contributed by atoms with van der Waals surface area (Å²) in [4.78, 5) is 14.5. The summed E-state index contributed by atoms with van der Waals surface area (Å²) in [7, 11) is 0. The molecule has 0 spiro atoms. The van der Waals surface area contributed by atoms with Crippen molar-refractivity contribution in [2.24, 2.45) is 5.41 Å². The molecule has 0 aromatic rings. The van der Waals surface area contributed by atoms with E-state index in [1.54, 1.807) is 0 Å². The van der Waals surface area contributed by atoms with Crippen LogP contribution >= 0.6 is 0 Å². The van der Waals surface area contributed by atoms with Crippen LogP contribution in [0, 0.1) is 5.41 Å². The van der Waals surface area contributed by atoms with Gasteiger partial charge in [-0.25, -0.2) is 0 Å². The summed E-state index contributed by atoms with van der Waals surface area (Å²) >= 11 is 0. The second-order valence-corrected chi connectivity index (χ2v) is 6.71. The molecular formula is C14H26N2O. The molecule has 0 aromatic heterocycles. The zero-order valence-electron chi connectivity index (χ0n) is 11.7. The third-order valence-electron chi connectivity index (χ3n) is 4.70. The van der Waals surface area contributed by atoms with Crippen LogP contribution in [-0.2, 0) is 4.79 Å². The highest BCUT2D eigenvalue weighted by molar-refractivity contribution is 5.88. The maximum atomic E-state index is 12.4. The highest BCUT2D eigenvalue weighted by Crippen LogP contribution is 2.38. The molecule has 2 fully saturated rings. The number of carbonyl (C=O) groups is 1. The fourth-order valence-electron chi connectivity index (χ4n) is 3.22. The van der Waals surface area contributed by atoms with E-state index in [4.69, 9.17) is 0 Å². The van der Waals surface area contributed by atoms with Crippen molar-refractivity contribution in [2.45, 2.75) is 71.4 Å². The summed E-state index contributed by atoms with van der Waals surface area (Å²) in [6, 6.07) is 0.451. The zero-order valence-corrected chi connectivity index (χ0v) is 11.7.